The molecule has 0 amide bonds. The number of thiophene rings is 1. The molecule has 2 aliphatic carbocycles. The van der Waals surface area contributed by atoms with Crippen molar-refractivity contribution in [1.29, 1.82) is 0 Å². The number of anilines is 5. The van der Waals surface area contributed by atoms with Crippen molar-refractivity contribution in [2.24, 2.45) is 0 Å². The second-order valence-electron chi connectivity index (χ2n) is 22.1. The van der Waals surface area contributed by atoms with Gasteiger partial charge in [-0.1, -0.05) is 145 Å². The molecule has 3 aliphatic heterocycles. The Bertz CT molecular complexity index is 3600. The van der Waals surface area contributed by atoms with Crippen molar-refractivity contribution in [3.63, 3.8) is 0 Å². The third-order valence-electron chi connectivity index (χ3n) is 17.3. The van der Waals surface area contributed by atoms with E-state index in [2.05, 4.69) is 203 Å². The zero-order valence-corrected chi connectivity index (χ0v) is 39.7. The Morgan fingerprint density at radius 3 is 2.23 bits per heavy atom. The van der Waals surface area contributed by atoms with Crippen LogP contribution < -0.4 is 26.2 Å². The van der Waals surface area contributed by atoms with Crippen LogP contribution in [0.15, 0.2) is 133 Å². The predicted octanol–water partition coefficient (Wildman–Crippen LogP) is 14.3. The van der Waals surface area contributed by atoms with E-state index in [4.69, 9.17) is 0 Å². The normalized spacial score (nSPS) is 20.8. The quantitative estimate of drug-likeness (QED) is 0.160. The summed E-state index contributed by atoms with van der Waals surface area (Å²) in [5, 5.41) is 4.04. The van der Waals surface area contributed by atoms with E-state index in [9.17, 15) is 0 Å². The first-order valence-electron chi connectivity index (χ1n) is 24.0. The van der Waals surface area contributed by atoms with Crippen molar-refractivity contribution in [2.75, 3.05) is 9.80 Å². The van der Waals surface area contributed by atoms with E-state index < -0.39 is 0 Å². The highest BCUT2D eigenvalue weighted by Gasteiger charge is 2.58. The standard InChI is InChI=1S/C60H54BN3S/c1-35-31-49-53-50(32-35)63-54-41(52-55(63)40-18-9-11-21-42(40)58(52,5)6)20-15-22-45(54)61(53)44-27-26-37(34-48(44)62(49)47-23-16-19-39-38-17-10-12-24-51(38)65-56(39)47)64-46-28-25-36(57(2,3)4)33-43(46)59(7)29-13-14-30-60(59,64)8/h9-12,15-28,31-34H,13-14,29-30H2,1-8H3. The molecule has 0 spiro atoms. The average Bonchev–Trinajstić information content (AvgIpc) is 3.98. The molecule has 2 aromatic heterocycles. The van der Waals surface area contributed by atoms with Gasteiger partial charge in [-0.2, -0.15) is 0 Å². The molecule has 5 aliphatic rings. The molecule has 1 saturated carbocycles. The van der Waals surface area contributed by atoms with Gasteiger partial charge in [0.1, 0.15) is 0 Å². The van der Waals surface area contributed by atoms with Gasteiger partial charge in [-0.05, 0) is 119 Å². The number of rotatable bonds is 2. The average molecular weight is 860 g/mol. The zero-order valence-electron chi connectivity index (χ0n) is 38.9. The van der Waals surface area contributed by atoms with Crippen molar-refractivity contribution in [2.45, 2.75) is 103 Å². The van der Waals surface area contributed by atoms with Gasteiger partial charge >= 0.3 is 0 Å². The summed E-state index contributed by atoms with van der Waals surface area (Å²) in [4.78, 5) is 5.48. The van der Waals surface area contributed by atoms with Crippen molar-refractivity contribution in [3.05, 3.63) is 161 Å². The minimum atomic E-state index is -0.125. The summed E-state index contributed by atoms with van der Waals surface area (Å²) in [6, 6.07) is 52.5. The fraction of sp³-hybridized carbons (Fsp3) is 0.267. The number of nitrogens with zero attached hydrogens (tertiary/aromatic N) is 3. The summed E-state index contributed by atoms with van der Waals surface area (Å²) in [7, 11) is 0. The molecule has 5 heteroatoms. The lowest BCUT2D eigenvalue weighted by atomic mass is 9.33. The minimum absolute atomic E-state index is 0.0376. The van der Waals surface area contributed by atoms with Crippen LogP contribution in [0, 0.1) is 6.92 Å². The summed E-state index contributed by atoms with van der Waals surface area (Å²) in [5.74, 6) is 0. The third kappa shape index (κ3) is 4.63. The van der Waals surface area contributed by atoms with E-state index in [1.165, 1.54) is 146 Å². The highest BCUT2D eigenvalue weighted by Crippen LogP contribution is 2.62. The maximum Gasteiger partial charge on any atom is 0.252 e. The lowest BCUT2D eigenvalue weighted by molar-refractivity contribution is 0.195. The zero-order chi connectivity index (χ0) is 44.1. The summed E-state index contributed by atoms with van der Waals surface area (Å²) >= 11 is 1.93. The molecular formula is C60H54BN3S. The monoisotopic (exact) mass is 859 g/mol. The molecule has 2 unspecified atom stereocenters. The van der Waals surface area contributed by atoms with Gasteiger partial charge in [0, 0.05) is 71.2 Å². The maximum absolute atomic E-state index is 2.79. The smallest absolute Gasteiger partial charge is 0.252 e. The van der Waals surface area contributed by atoms with Crippen LogP contribution in [0.25, 0.3) is 48.0 Å². The molecule has 0 saturated heterocycles. The van der Waals surface area contributed by atoms with Crippen LogP contribution in [-0.2, 0) is 16.2 Å². The van der Waals surface area contributed by atoms with E-state index >= 15 is 0 Å². The fourth-order valence-electron chi connectivity index (χ4n) is 14.0. The molecule has 9 aromatic rings. The first-order chi connectivity index (χ1) is 31.3. The second-order valence-corrected chi connectivity index (χ2v) is 23.1. The van der Waals surface area contributed by atoms with E-state index in [0.29, 0.717) is 0 Å². The molecular weight excluding hydrogens is 806 g/mol. The van der Waals surface area contributed by atoms with Crippen LogP contribution in [0.3, 0.4) is 0 Å². The fourth-order valence-corrected chi connectivity index (χ4v) is 15.2. The summed E-state index contributed by atoms with van der Waals surface area (Å²) < 4.78 is 5.35. The maximum atomic E-state index is 2.79. The number of benzene rings is 7. The van der Waals surface area contributed by atoms with Crippen molar-refractivity contribution >= 4 is 94.0 Å². The summed E-state index contributed by atoms with van der Waals surface area (Å²) in [6.07, 6.45) is 4.90. The van der Waals surface area contributed by atoms with Gasteiger partial charge in [0.25, 0.3) is 6.71 Å². The van der Waals surface area contributed by atoms with Gasteiger partial charge in [-0.25, -0.2) is 0 Å². The van der Waals surface area contributed by atoms with E-state index in [1.54, 1.807) is 0 Å². The molecule has 0 N–H and O–H groups in total. The number of aryl methyl sites for hydroxylation is 1. The molecule has 14 rings (SSSR count). The van der Waals surface area contributed by atoms with Crippen molar-refractivity contribution in [3.8, 4) is 16.9 Å². The third-order valence-corrected chi connectivity index (χ3v) is 18.5. The van der Waals surface area contributed by atoms with Crippen molar-refractivity contribution in [1.82, 2.24) is 4.57 Å². The van der Waals surface area contributed by atoms with E-state index in [0.717, 1.165) is 0 Å². The second kappa shape index (κ2) is 12.4. The summed E-state index contributed by atoms with van der Waals surface area (Å²) in [6.45, 7) is 19.5. The Morgan fingerprint density at radius 2 is 1.37 bits per heavy atom. The Kier molecular flexibility index (Phi) is 7.32. The largest absolute Gasteiger partial charge is 0.334 e. The number of aromatic nitrogens is 1. The van der Waals surface area contributed by atoms with Gasteiger partial charge in [-0.3, -0.25) is 0 Å². The molecule has 65 heavy (non-hydrogen) atoms. The Labute approximate surface area is 387 Å². The van der Waals surface area contributed by atoms with Gasteiger partial charge in [0.05, 0.1) is 21.6 Å². The Morgan fingerprint density at radius 1 is 0.615 bits per heavy atom. The highest BCUT2D eigenvalue weighted by molar-refractivity contribution is 7.26. The van der Waals surface area contributed by atoms with E-state index in [-0.39, 0.29) is 28.5 Å². The lowest BCUT2D eigenvalue weighted by Crippen LogP contribution is -2.60. The minimum Gasteiger partial charge on any atom is -0.334 e. The Balaban J connectivity index is 1.08. The first kappa shape index (κ1) is 38.3. The van der Waals surface area contributed by atoms with Crippen LogP contribution in [-0.4, -0.2) is 16.8 Å². The SMILES string of the molecule is Cc1cc2c3c(c1)-n1c4c(c5cccc(c51)B3c1ccc(N3c5ccc(C(C)(C)C)cc5C5(C)CCCCC35C)cc1N2c1cccc2c1sc1ccccc12)C(C)(C)c1ccccc1-4. The molecule has 5 heterocycles. The molecule has 2 atom stereocenters. The van der Waals surface area contributed by atoms with E-state index in [1.807, 2.05) is 11.3 Å². The predicted molar refractivity (Wildman–Crippen MR) is 279 cm³/mol. The number of hydrogen-bond donors (Lipinski definition) is 0. The molecule has 0 bridgehead atoms. The van der Waals surface area contributed by atoms with Crippen LogP contribution in [0.1, 0.15) is 102 Å². The Hall–Kier alpha value is -6.04. The van der Waals surface area contributed by atoms with Crippen LogP contribution in [0.5, 0.6) is 0 Å². The van der Waals surface area contributed by atoms with Gasteiger partial charge < -0.3 is 14.4 Å². The lowest BCUT2D eigenvalue weighted by Gasteiger charge is -2.50. The number of hydrogen-bond acceptors (Lipinski definition) is 3. The molecule has 318 valence electrons. The first-order valence-corrected chi connectivity index (χ1v) is 24.8. The van der Waals surface area contributed by atoms with Gasteiger partial charge in [0.15, 0.2) is 0 Å². The van der Waals surface area contributed by atoms with Crippen LogP contribution in [0.2, 0.25) is 0 Å². The van der Waals surface area contributed by atoms with Crippen LogP contribution >= 0.6 is 11.3 Å². The summed E-state index contributed by atoms with van der Waals surface area (Å²) in [5.41, 5.74) is 23.2. The van der Waals surface area contributed by atoms with Gasteiger partial charge in [0.2, 0.25) is 0 Å². The highest BCUT2D eigenvalue weighted by atomic mass is 32.1. The number of fused-ring (bicyclic) bond motifs is 15. The molecule has 1 fully saturated rings. The van der Waals surface area contributed by atoms with Crippen molar-refractivity contribution < 1.29 is 0 Å². The topological polar surface area (TPSA) is 11.4 Å². The van der Waals surface area contributed by atoms with Crippen LogP contribution in [0.4, 0.5) is 28.4 Å². The number of para-hydroxylation sites is 1. The molecule has 0 radical (unpaired) electrons. The molecule has 7 aromatic carbocycles. The van der Waals surface area contributed by atoms with Gasteiger partial charge in [-0.15, -0.1) is 11.3 Å². The molecule has 3 nitrogen and oxygen atoms in total.